The quantitative estimate of drug-likeness (QED) is 0.391. The molecule has 0 aromatic heterocycles. The van der Waals surface area contributed by atoms with Crippen LogP contribution in [0.2, 0.25) is 0 Å². The number of sulfonamides is 1. The third kappa shape index (κ3) is 6.95. The Hall–Kier alpha value is -3.72. The molecule has 0 heterocycles. The molecule has 3 rings (SSSR count). The number of amides is 3. The van der Waals surface area contributed by atoms with Crippen molar-refractivity contribution in [2.45, 2.75) is 39.0 Å². The van der Waals surface area contributed by atoms with Gasteiger partial charge in [-0.3, -0.25) is 14.4 Å². The first kappa shape index (κ1) is 27.9. The highest BCUT2D eigenvalue weighted by Gasteiger charge is 2.33. The molecule has 0 saturated carbocycles. The van der Waals surface area contributed by atoms with E-state index in [4.69, 9.17) is 0 Å². The van der Waals surface area contributed by atoms with Crippen LogP contribution in [0.5, 0.6) is 0 Å². The Morgan fingerprint density at radius 2 is 1.46 bits per heavy atom. The summed E-state index contributed by atoms with van der Waals surface area (Å²) in [6, 6.07) is 18.7. The topological polar surface area (TPSA) is 113 Å². The number of hydrogen-bond acceptors (Lipinski definition) is 5. The molecule has 8 nitrogen and oxygen atoms in total. The molecule has 3 aromatic rings. The van der Waals surface area contributed by atoms with Gasteiger partial charge in [-0.2, -0.15) is 0 Å². The average Bonchev–Trinajstić information content (AvgIpc) is 2.88. The molecule has 0 aliphatic rings. The predicted molar refractivity (Wildman–Crippen MR) is 144 cm³/mol. The van der Waals surface area contributed by atoms with Crippen LogP contribution < -0.4 is 10.0 Å². The minimum Gasteiger partial charge on any atom is -0.343 e. The maximum atomic E-state index is 13.3. The fourth-order valence-corrected chi connectivity index (χ4v) is 4.95. The molecule has 1 unspecified atom stereocenters. The van der Waals surface area contributed by atoms with Crippen LogP contribution in [0.4, 0.5) is 5.69 Å². The van der Waals surface area contributed by atoms with Gasteiger partial charge in [0.2, 0.25) is 17.7 Å². The maximum absolute atomic E-state index is 13.3. The highest BCUT2D eigenvalue weighted by Crippen LogP contribution is 2.21. The minimum atomic E-state index is -4.21. The second kappa shape index (κ2) is 12.0. The highest BCUT2D eigenvalue weighted by molar-refractivity contribution is 7.90. The van der Waals surface area contributed by atoms with Crippen LogP contribution in [0.25, 0.3) is 10.8 Å². The molecule has 196 valence electrons. The van der Waals surface area contributed by atoms with Gasteiger partial charge in [-0.1, -0.05) is 56.3 Å². The van der Waals surface area contributed by atoms with E-state index in [-0.39, 0.29) is 23.1 Å². The number of anilines is 1. The van der Waals surface area contributed by atoms with Crippen molar-refractivity contribution in [3.05, 3.63) is 72.3 Å². The Morgan fingerprint density at radius 3 is 2.05 bits per heavy atom. The Kier molecular flexibility index (Phi) is 9.04. The Morgan fingerprint density at radius 1 is 0.838 bits per heavy atom. The number of carbonyl (C=O) groups is 3. The summed E-state index contributed by atoms with van der Waals surface area (Å²) in [6.07, 6.45) is 0.00676. The zero-order chi connectivity index (χ0) is 27.2. The Balaban J connectivity index is 1.85. The Labute approximate surface area is 218 Å². The average molecular weight is 524 g/mol. The summed E-state index contributed by atoms with van der Waals surface area (Å²) in [6.45, 7) is 7.95. The zero-order valence-electron chi connectivity index (χ0n) is 21.5. The SMILES string of the molecule is CCN(CC)C(=O)C(Cc1ccc(NC(=O)C(C)C)cc1)C(=O)NS(=O)(=O)c1ccc2ccccc2c1. The number of rotatable bonds is 10. The fraction of sp³-hybridized carbons (Fsp3) is 0.321. The van der Waals surface area contributed by atoms with E-state index in [0.717, 1.165) is 10.8 Å². The molecule has 0 bridgehead atoms. The van der Waals surface area contributed by atoms with E-state index in [1.54, 1.807) is 70.2 Å². The van der Waals surface area contributed by atoms with Crippen molar-refractivity contribution in [3.63, 3.8) is 0 Å². The zero-order valence-corrected chi connectivity index (χ0v) is 22.3. The van der Waals surface area contributed by atoms with E-state index in [9.17, 15) is 22.8 Å². The summed E-state index contributed by atoms with van der Waals surface area (Å²) in [5.41, 5.74) is 1.25. The van der Waals surface area contributed by atoms with Gasteiger partial charge < -0.3 is 10.2 Å². The van der Waals surface area contributed by atoms with Crippen LogP contribution in [0.1, 0.15) is 33.3 Å². The first-order chi connectivity index (χ1) is 17.6. The van der Waals surface area contributed by atoms with Gasteiger partial charge in [0.25, 0.3) is 10.0 Å². The van der Waals surface area contributed by atoms with Gasteiger partial charge in [0, 0.05) is 24.7 Å². The van der Waals surface area contributed by atoms with E-state index < -0.39 is 27.8 Å². The molecule has 3 amide bonds. The second-order valence-electron chi connectivity index (χ2n) is 9.09. The summed E-state index contributed by atoms with van der Waals surface area (Å²) in [4.78, 5) is 39.9. The van der Waals surface area contributed by atoms with E-state index in [0.29, 0.717) is 24.3 Å². The largest absolute Gasteiger partial charge is 0.343 e. The lowest BCUT2D eigenvalue weighted by Gasteiger charge is -2.25. The van der Waals surface area contributed by atoms with Gasteiger partial charge in [0.15, 0.2) is 0 Å². The highest BCUT2D eigenvalue weighted by atomic mass is 32.2. The predicted octanol–water partition coefficient (Wildman–Crippen LogP) is 3.97. The molecule has 3 aromatic carbocycles. The van der Waals surface area contributed by atoms with Gasteiger partial charge in [0.1, 0.15) is 5.92 Å². The smallest absolute Gasteiger partial charge is 0.264 e. The molecular formula is C28H33N3O5S. The Bertz CT molecular complexity index is 1380. The summed E-state index contributed by atoms with van der Waals surface area (Å²) in [5.74, 6) is -2.88. The van der Waals surface area contributed by atoms with Gasteiger partial charge in [-0.25, -0.2) is 13.1 Å². The molecule has 2 N–H and O–H groups in total. The summed E-state index contributed by atoms with van der Waals surface area (Å²) >= 11 is 0. The molecule has 0 fully saturated rings. The van der Waals surface area contributed by atoms with E-state index in [1.807, 2.05) is 12.1 Å². The first-order valence-electron chi connectivity index (χ1n) is 12.3. The summed E-state index contributed by atoms with van der Waals surface area (Å²) < 4.78 is 28.3. The van der Waals surface area contributed by atoms with Crippen molar-refractivity contribution in [2.75, 3.05) is 18.4 Å². The van der Waals surface area contributed by atoms with Gasteiger partial charge in [-0.05, 0) is 60.9 Å². The number of hydrogen-bond donors (Lipinski definition) is 2. The third-order valence-corrected chi connectivity index (χ3v) is 7.49. The van der Waals surface area contributed by atoms with Gasteiger partial charge in [0.05, 0.1) is 4.90 Å². The molecule has 0 radical (unpaired) electrons. The van der Waals surface area contributed by atoms with Crippen LogP contribution in [0.3, 0.4) is 0 Å². The van der Waals surface area contributed by atoms with Crippen molar-refractivity contribution in [1.82, 2.24) is 9.62 Å². The van der Waals surface area contributed by atoms with Crippen molar-refractivity contribution in [2.24, 2.45) is 11.8 Å². The normalized spacial score (nSPS) is 12.2. The molecular weight excluding hydrogens is 490 g/mol. The van der Waals surface area contributed by atoms with Crippen LogP contribution in [0, 0.1) is 11.8 Å². The number of fused-ring (bicyclic) bond motifs is 1. The molecule has 0 aliphatic heterocycles. The third-order valence-electron chi connectivity index (χ3n) is 6.14. The second-order valence-corrected chi connectivity index (χ2v) is 10.8. The van der Waals surface area contributed by atoms with E-state index >= 15 is 0 Å². The number of carbonyl (C=O) groups excluding carboxylic acids is 3. The van der Waals surface area contributed by atoms with Crippen LogP contribution in [-0.2, 0) is 30.8 Å². The number of benzene rings is 3. The van der Waals surface area contributed by atoms with Crippen LogP contribution in [-0.4, -0.2) is 44.1 Å². The molecule has 0 aliphatic carbocycles. The first-order valence-corrected chi connectivity index (χ1v) is 13.8. The number of nitrogens with one attached hydrogen (secondary N) is 2. The van der Waals surface area contributed by atoms with Crippen molar-refractivity contribution in [3.8, 4) is 0 Å². The monoisotopic (exact) mass is 523 g/mol. The lowest BCUT2D eigenvalue weighted by atomic mass is 9.97. The van der Waals surface area contributed by atoms with Crippen LogP contribution >= 0.6 is 0 Å². The van der Waals surface area contributed by atoms with Crippen molar-refractivity contribution < 1.29 is 22.8 Å². The lowest BCUT2D eigenvalue weighted by molar-refractivity contribution is -0.141. The minimum absolute atomic E-state index is 0.00676. The molecule has 0 saturated heterocycles. The van der Waals surface area contributed by atoms with Crippen molar-refractivity contribution >= 4 is 44.2 Å². The van der Waals surface area contributed by atoms with Crippen LogP contribution in [0.15, 0.2) is 71.6 Å². The lowest BCUT2D eigenvalue weighted by Crippen LogP contribution is -2.46. The molecule has 0 spiro atoms. The fourth-order valence-electron chi connectivity index (χ4n) is 3.89. The molecule has 37 heavy (non-hydrogen) atoms. The van der Waals surface area contributed by atoms with Crippen molar-refractivity contribution in [1.29, 1.82) is 0 Å². The standard InChI is InChI=1S/C28H33N3O5S/c1-5-31(6-2)28(34)25(17-20-11-14-23(15-12-20)29-26(32)19(3)4)27(33)30-37(35,36)24-16-13-21-9-7-8-10-22(21)18-24/h7-16,18-19,25H,5-6,17H2,1-4H3,(H,29,32)(H,30,33). The number of nitrogens with zero attached hydrogens (tertiary/aromatic N) is 1. The summed E-state index contributed by atoms with van der Waals surface area (Å²) in [5, 5.41) is 4.38. The van der Waals surface area contributed by atoms with E-state index in [2.05, 4.69) is 10.0 Å². The van der Waals surface area contributed by atoms with Gasteiger partial charge >= 0.3 is 0 Å². The molecule has 9 heteroatoms. The van der Waals surface area contributed by atoms with E-state index in [1.165, 1.54) is 17.0 Å². The van der Waals surface area contributed by atoms with Gasteiger partial charge in [-0.15, -0.1) is 0 Å². The molecule has 1 atom stereocenters. The summed E-state index contributed by atoms with van der Waals surface area (Å²) in [7, 11) is -4.21. The maximum Gasteiger partial charge on any atom is 0.264 e.